The molecule has 0 saturated heterocycles. The molecular weight excluding hydrogens is 354 g/mol. The normalized spacial score (nSPS) is 30.3. The van der Waals surface area contributed by atoms with Crippen LogP contribution in [0.4, 0.5) is 0 Å². The van der Waals surface area contributed by atoms with Gasteiger partial charge in [-0.15, -0.1) is 0 Å². The summed E-state index contributed by atoms with van der Waals surface area (Å²) in [6.07, 6.45) is 1.96. The molecule has 4 atom stereocenters. The number of nitrogens with zero attached hydrogens (tertiary/aromatic N) is 2. The van der Waals surface area contributed by atoms with E-state index in [0.717, 1.165) is 0 Å². The second-order valence-corrected chi connectivity index (χ2v) is 7.43. The lowest BCUT2D eigenvalue weighted by Crippen LogP contribution is -2.55. The van der Waals surface area contributed by atoms with Crippen molar-refractivity contribution < 1.29 is 29.0 Å². The van der Waals surface area contributed by atoms with Crippen LogP contribution in [0.15, 0.2) is 27.7 Å². The number of hydrogen-bond donors (Lipinski definition) is 3. The SMILES string of the molecule is CN(C)[C@@H]1C(O)=C(C(N)=O)C(=O)C2C(=O)C3=C(O)c4ocnc4CC3CC21. The fourth-order valence-corrected chi connectivity index (χ4v) is 4.74. The van der Waals surface area contributed by atoms with Crippen molar-refractivity contribution in [3.63, 3.8) is 0 Å². The number of amides is 1. The Hall–Kier alpha value is -2.94. The highest BCUT2D eigenvalue weighted by molar-refractivity contribution is 6.28. The minimum atomic E-state index is -1.19. The lowest BCUT2D eigenvalue weighted by atomic mass is 9.60. The summed E-state index contributed by atoms with van der Waals surface area (Å²) < 4.78 is 5.18. The molecule has 3 aliphatic carbocycles. The number of carbonyl (C=O) groups is 3. The quantitative estimate of drug-likeness (QED) is 0.490. The van der Waals surface area contributed by atoms with Crippen LogP contribution in [0.2, 0.25) is 0 Å². The van der Waals surface area contributed by atoms with Crippen LogP contribution >= 0.6 is 0 Å². The first-order chi connectivity index (χ1) is 12.7. The van der Waals surface area contributed by atoms with Gasteiger partial charge in [0.15, 0.2) is 29.5 Å². The highest BCUT2D eigenvalue weighted by Crippen LogP contribution is 2.48. The number of oxazole rings is 1. The Bertz CT molecular complexity index is 941. The summed E-state index contributed by atoms with van der Waals surface area (Å²) >= 11 is 0. The van der Waals surface area contributed by atoms with Crippen molar-refractivity contribution in [2.45, 2.75) is 18.9 Å². The minimum absolute atomic E-state index is 0.122. The molecule has 1 amide bonds. The summed E-state index contributed by atoms with van der Waals surface area (Å²) in [5.74, 6) is -5.08. The number of nitrogens with two attached hydrogens (primary N) is 1. The molecule has 0 radical (unpaired) electrons. The van der Waals surface area contributed by atoms with Gasteiger partial charge < -0.3 is 20.4 Å². The molecule has 0 bridgehead atoms. The second-order valence-electron chi connectivity index (χ2n) is 7.43. The smallest absolute Gasteiger partial charge is 0.255 e. The van der Waals surface area contributed by atoms with E-state index in [0.29, 0.717) is 18.5 Å². The number of allylic oxidation sites excluding steroid dienone is 1. The van der Waals surface area contributed by atoms with E-state index in [1.807, 2.05) is 0 Å². The molecule has 1 aromatic rings. The molecule has 27 heavy (non-hydrogen) atoms. The molecule has 0 aromatic carbocycles. The third-order valence-corrected chi connectivity index (χ3v) is 5.77. The van der Waals surface area contributed by atoms with Crippen LogP contribution in [0.3, 0.4) is 0 Å². The number of primary amides is 1. The van der Waals surface area contributed by atoms with Gasteiger partial charge in [-0.2, -0.15) is 0 Å². The Labute approximate surface area is 154 Å². The van der Waals surface area contributed by atoms with Crippen molar-refractivity contribution >= 4 is 23.2 Å². The first-order valence-electron chi connectivity index (χ1n) is 8.57. The second kappa shape index (κ2) is 5.78. The number of fused-ring (bicyclic) bond motifs is 3. The molecule has 1 aromatic heterocycles. The summed E-state index contributed by atoms with van der Waals surface area (Å²) in [7, 11) is 3.38. The molecule has 3 aliphatic rings. The van der Waals surface area contributed by atoms with Gasteiger partial charge in [0.2, 0.25) is 0 Å². The van der Waals surface area contributed by atoms with E-state index in [1.165, 1.54) is 6.39 Å². The van der Waals surface area contributed by atoms with Crippen LogP contribution in [-0.4, -0.2) is 57.7 Å². The van der Waals surface area contributed by atoms with E-state index in [4.69, 9.17) is 10.2 Å². The first kappa shape index (κ1) is 17.5. The number of carbonyl (C=O) groups excluding carboxylic acids is 3. The number of aliphatic hydroxyl groups excluding tert-OH is 2. The molecule has 142 valence electrons. The van der Waals surface area contributed by atoms with Crippen LogP contribution in [0, 0.1) is 17.8 Å². The van der Waals surface area contributed by atoms with Gasteiger partial charge in [-0.05, 0) is 32.4 Å². The maximum Gasteiger partial charge on any atom is 0.255 e. The zero-order valence-electron chi connectivity index (χ0n) is 14.8. The number of aliphatic hydroxyl groups is 2. The number of rotatable bonds is 2. The van der Waals surface area contributed by atoms with Crippen molar-refractivity contribution in [2.24, 2.45) is 23.5 Å². The number of hydrogen-bond acceptors (Lipinski definition) is 8. The largest absolute Gasteiger partial charge is 0.510 e. The molecule has 1 fully saturated rings. The minimum Gasteiger partial charge on any atom is -0.510 e. The van der Waals surface area contributed by atoms with Gasteiger partial charge in [-0.3, -0.25) is 19.3 Å². The number of ketones is 2. The lowest BCUT2D eigenvalue weighted by molar-refractivity contribution is -0.136. The molecular formula is C18H19N3O6. The van der Waals surface area contributed by atoms with E-state index < -0.39 is 46.7 Å². The Kier molecular flexibility index (Phi) is 3.74. The topological polar surface area (TPSA) is 147 Å². The van der Waals surface area contributed by atoms with Gasteiger partial charge in [0.05, 0.1) is 17.7 Å². The molecule has 4 rings (SSSR count). The van der Waals surface area contributed by atoms with Crippen molar-refractivity contribution in [1.29, 1.82) is 0 Å². The van der Waals surface area contributed by atoms with Crippen LogP contribution in [0.25, 0.3) is 5.76 Å². The zero-order valence-corrected chi connectivity index (χ0v) is 14.8. The predicted octanol–water partition coefficient (Wildman–Crippen LogP) is 0.132. The van der Waals surface area contributed by atoms with Gasteiger partial charge in [0.25, 0.3) is 5.91 Å². The summed E-state index contributed by atoms with van der Waals surface area (Å²) in [5.41, 5.74) is 5.42. The average Bonchev–Trinajstić information content (AvgIpc) is 3.02. The zero-order chi connectivity index (χ0) is 19.6. The molecule has 3 unspecified atom stereocenters. The molecule has 4 N–H and O–H groups in total. The lowest BCUT2D eigenvalue weighted by Gasteiger charge is -2.45. The van der Waals surface area contributed by atoms with Gasteiger partial charge in [-0.25, -0.2) is 4.98 Å². The fourth-order valence-electron chi connectivity index (χ4n) is 4.74. The summed E-state index contributed by atoms with van der Waals surface area (Å²) in [6, 6.07) is -0.707. The molecule has 1 heterocycles. The Morgan fingerprint density at radius 2 is 2.00 bits per heavy atom. The van der Waals surface area contributed by atoms with Gasteiger partial charge in [0.1, 0.15) is 11.3 Å². The van der Waals surface area contributed by atoms with E-state index in [9.17, 15) is 24.6 Å². The van der Waals surface area contributed by atoms with Crippen LogP contribution < -0.4 is 5.73 Å². The van der Waals surface area contributed by atoms with Crippen LogP contribution in [-0.2, 0) is 20.8 Å². The Morgan fingerprint density at radius 3 is 2.63 bits per heavy atom. The average molecular weight is 373 g/mol. The Balaban J connectivity index is 1.88. The maximum absolute atomic E-state index is 13.2. The maximum atomic E-state index is 13.2. The highest BCUT2D eigenvalue weighted by atomic mass is 16.4. The van der Waals surface area contributed by atoms with Crippen LogP contribution in [0.1, 0.15) is 17.9 Å². The number of aromatic nitrogens is 1. The molecule has 9 nitrogen and oxygen atoms in total. The third-order valence-electron chi connectivity index (χ3n) is 5.77. The molecule has 0 spiro atoms. The predicted molar refractivity (Wildman–Crippen MR) is 91.2 cm³/mol. The third kappa shape index (κ3) is 2.27. The van der Waals surface area contributed by atoms with Crippen molar-refractivity contribution in [2.75, 3.05) is 14.1 Å². The fraction of sp³-hybridized carbons (Fsp3) is 0.444. The van der Waals surface area contributed by atoms with E-state index in [1.54, 1.807) is 19.0 Å². The standard InChI is InChI=1S/C18H19N3O6/c1-21(2)12-7-3-6-4-8-17(27-5-20-8)16(25)9(6)13(22)10(7)14(23)11(15(12)24)18(19)26/h5-7,10,12,24-25H,3-4H2,1-2H3,(H2,19,26)/t6?,7?,10?,12-/m0/s1. The molecule has 9 heteroatoms. The molecule has 0 aliphatic heterocycles. The first-order valence-corrected chi connectivity index (χ1v) is 8.57. The Morgan fingerprint density at radius 1 is 1.30 bits per heavy atom. The van der Waals surface area contributed by atoms with Crippen LogP contribution in [0.5, 0.6) is 0 Å². The van der Waals surface area contributed by atoms with E-state index in [2.05, 4.69) is 4.98 Å². The van der Waals surface area contributed by atoms with Crippen molar-refractivity contribution in [1.82, 2.24) is 9.88 Å². The van der Waals surface area contributed by atoms with E-state index >= 15 is 0 Å². The van der Waals surface area contributed by atoms with Gasteiger partial charge in [-0.1, -0.05) is 0 Å². The summed E-state index contributed by atoms with van der Waals surface area (Å²) in [4.78, 5) is 43.6. The number of likely N-dealkylation sites (N-methyl/N-ethyl adjacent to an activating group) is 1. The summed E-state index contributed by atoms with van der Waals surface area (Å²) in [5, 5.41) is 21.1. The number of Topliss-reactive ketones (excluding diaryl/α,β-unsaturated/α-hetero) is 2. The van der Waals surface area contributed by atoms with Gasteiger partial charge >= 0.3 is 0 Å². The van der Waals surface area contributed by atoms with Crippen molar-refractivity contribution in [3.05, 3.63) is 34.8 Å². The van der Waals surface area contributed by atoms with E-state index in [-0.39, 0.29) is 23.0 Å². The molecule has 1 saturated carbocycles. The summed E-state index contributed by atoms with van der Waals surface area (Å²) in [6.45, 7) is 0. The van der Waals surface area contributed by atoms with Gasteiger partial charge in [0, 0.05) is 12.0 Å². The monoisotopic (exact) mass is 373 g/mol. The van der Waals surface area contributed by atoms with Crippen molar-refractivity contribution in [3.8, 4) is 0 Å². The highest BCUT2D eigenvalue weighted by Gasteiger charge is 2.55.